The van der Waals surface area contributed by atoms with Crippen LogP contribution in [0.4, 0.5) is 0 Å². The smallest absolute Gasteiger partial charge is 0.303 e. The largest absolute Gasteiger partial charge is 0.481 e. The van der Waals surface area contributed by atoms with Crippen molar-refractivity contribution in [2.24, 2.45) is 0 Å². The summed E-state index contributed by atoms with van der Waals surface area (Å²) in [6.45, 7) is 0. The van der Waals surface area contributed by atoms with Crippen LogP contribution < -0.4 is 0 Å². The van der Waals surface area contributed by atoms with Gasteiger partial charge in [0.25, 0.3) is 0 Å². The maximum absolute atomic E-state index is 10.2. The molecule has 1 atom stereocenters. The summed E-state index contributed by atoms with van der Waals surface area (Å²) in [6, 6.07) is 0. The third kappa shape index (κ3) is 12.8. The predicted octanol–water partition coefficient (Wildman–Crippen LogP) is 2.31. The first-order valence-electron chi connectivity index (χ1n) is 6.17. The predicted molar refractivity (Wildman–Crippen MR) is 65.8 cm³/mol. The van der Waals surface area contributed by atoms with E-state index in [-0.39, 0.29) is 12.5 Å². The minimum atomic E-state index is -0.734. The Labute approximate surface area is 102 Å². The minimum Gasteiger partial charge on any atom is -0.481 e. The summed E-state index contributed by atoms with van der Waals surface area (Å²) in [4.78, 5) is 20.2. The van der Waals surface area contributed by atoms with E-state index in [9.17, 15) is 14.7 Å². The fourth-order valence-electron chi connectivity index (χ4n) is 1.60. The number of carbonyl (C=O) groups excluding carboxylic acids is 1. The van der Waals surface area contributed by atoms with Gasteiger partial charge >= 0.3 is 5.97 Å². The summed E-state index contributed by atoms with van der Waals surface area (Å²) in [7, 11) is 0. The van der Waals surface area contributed by atoms with Crippen LogP contribution in [0.15, 0.2) is 12.2 Å². The summed E-state index contributed by atoms with van der Waals surface area (Å²) in [6.07, 6.45) is 9.58. The zero-order chi connectivity index (χ0) is 12.9. The van der Waals surface area contributed by atoms with Crippen LogP contribution in [-0.2, 0) is 9.59 Å². The molecule has 0 fully saturated rings. The highest BCUT2D eigenvalue weighted by Gasteiger charge is 2.01. The van der Waals surface area contributed by atoms with Gasteiger partial charge in [-0.1, -0.05) is 31.8 Å². The molecule has 17 heavy (non-hydrogen) atoms. The highest BCUT2D eigenvalue weighted by Crippen LogP contribution is 2.10. The quantitative estimate of drug-likeness (QED) is 0.331. The van der Waals surface area contributed by atoms with E-state index in [1.165, 1.54) is 6.08 Å². The number of hydrogen-bond donors (Lipinski definition) is 2. The molecule has 0 aromatic heterocycles. The van der Waals surface area contributed by atoms with Gasteiger partial charge in [-0.2, -0.15) is 0 Å². The second-order valence-electron chi connectivity index (χ2n) is 4.15. The summed E-state index contributed by atoms with van der Waals surface area (Å²) >= 11 is 0. The Kier molecular flexibility index (Phi) is 10.6. The van der Waals surface area contributed by atoms with Crippen LogP contribution in [0.3, 0.4) is 0 Å². The van der Waals surface area contributed by atoms with Crippen LogP contribution in [0.1, 0.15) is 51.4 Å². The lowest BCUT2D eigenvalue weighted by Crippen LogP contribution is -2.04. The van der Waals surface area contributed by atoms with Crippen LogP contribution in [0, 0.1) is 0 Å². The zero-order valence-corrected chi connectivity index (χ0v) is 10.2. The molecule has 0 amide bonds. The first kappa shape index (κ1) is 15.8. The van der Waals surface area contributed by atoms with E-state index in [2.05, 4.69) is 0 Å². The topological polar surface area (TPSA) is 74.6 Å². The molecule has 0 aliphatic rings. The molecule has 0 spiro atoms. The van der Waals surface area contributed by atoms with E-state index in [1.807, 2.05) is 0 Å². The minimum absolute atomic E-state index is 0.249. The Morgan fingerprint density at radius 2 is 1.76 bits per heavy atom. The highest BCUT2D eigenvalue weighted by molar-refractivity contribution is 5.66. The molecule has 4 heteroatoms. The molecule has 0 bridgehead atoms. The lowest BCUT2D eigenvalue weighted by Gasteiger charge is -2.07. The number of aliphatic carboxylic acids is 1. The number of carboxylic acids is 1. The van der Waals surface area contributed by atoms with E-state index >= 15 is 0 Å². The van der Waals surface area contributed by atoms with Gasteiger partial charge in [0.1, 0.15) is 6.29 Å². The molecule has 4 nitrogen and oxygen atoms in total. The Hall–Kier alpha value is -1.16. The van der Waals surface area contributed by atoms with Gasteiger partial charge in [0.2, 0.25) is 0 Å². The van der Waals surface area contributed by atoms with Crippen LogP contribution in [0.25, 0.3) is 0 Å². The summed E-state index contributed by atoms with van der Waals surface area (Å²) in [5.41, 5.74) is 0. The number of aliphatic hydroxyl groups excluding tert-OH is 1. The first-order chi connectivity index (χ1) is 8.16. The van der Waals surface area contributed by atoms with E-state index in [0.29, 0.717) is 12.7 Å². The van der Waals surface area contributed by atoms with Gasteiger partial charge in [0.15, 0.2) is 0 Å². The van der Waals surface area contributed by atoms with Crippen molar-refractivity contribution >= 4 is 12.3 Å². The lowest BCUT2D eigenvalue weighted by molar-refractivity contribution is -0.137. The fourth-order valence-corrected chi connectivity index (χ4v) is 1.60. The Balaban J connectivity index is 3.24. The second-order valence-corrected chi connectivity index (χ2v) is 4.15. The Morgan fingerprint density at radius 3 is 2.41 bits per heavy atom. The van der Waals surface area contributed by atoms with E-state index < -0.39 is 5.97 Å². The lowest BCUT2D eigenvalue weighted by atomic mass is 10.1. The van der Waals surface area contributed by atoms with Crippen molar-refractivity contribution in [3.05, 3.63) is 12.2 Å². The van der Waals surface area contributed by atoms with Crippen molar-refractivity contribution < 1.29 is 19.8 Å². The molecule has 0 radical (unpaired) electrons. The fraction of sp³-hybridized carbons (Fsp3) is 0.692. The van der Waals surface area contributed by atoms with Crippen molar-refractivity contribution in [3.8, 4) is 0 Å². The molecule has 2 N–H and O–H groups in total. The van der Waals surface area contributed by atoms with E-state index in [4.69, 9.17) is 5.11 Å². The number of hydrogen-bond acceptors (Lipinski definition) is 3. The molecule has 0 saturated carbocycles. The van der Waals surface area contributed by atoms with Crippen LogP contribution in [0.5, 0.6) is 0 Å². The maximum atomic E-state index is 10.2. The molecule has 98 valence electrons. The molecular weight excluding hydrogens is 220 g/mol. The number of carbonyl (C=O) groups is 2. The van der Waals surface area contributed by atoms with Crippen molar-refractivity contribution in [1.82, 2.24) is 0 Å². The SMILES string of the molecule is O=C/C=C/CC(O)CCCCCCCC(=O)O. The molecule has 1 unspecified atom stereocenters. The molecule has 0 heterocycles. The number of unbranched alkanes of at least 4 members (excludes halogenated alkanes) is 4. The van der Waals surface area contributed by atoms with E-state index in [1.54, 1.807) is 6.08 Å². The van der Waals surface area contributed by atoms with Crippen molar-refractivity contribution in [2.45, 2.75) is 57.5 Å². The molecular formula is C13H22O4. The van der Waals surface area contributed by atoms with Crippen molar-refractivity contribution in [2.75, 3.05) is 0 Å². The normalized spacial score (nSPS) is 12.8. The molecule has 0 aliphatic heterocycles. The Bertz CT molecular complexity index is 236. The number of rotatable bonds is 11. The number of carboxylic acid groups (broad SMARTS) is 1. The van der Waals surface area contributed by atoms with Crippen LogP contribution >= 0.6 is 0 Å². The van der Waals surface area contributed by atoms with Gasteiger partial charge in [0.05, 0.1) is 6.10 Å². The van der Waals surface area contributed by atoms with Gasteiger partial charge in [-0.05, 0) is 25.3 Å². The second kappa shape index (κ2) is 11.3. The summed E-state index contributed by atoms with van der Waals surface area (Å²) in [5.74, 6) is -0.734. The van der Waals surface area contributed by atoms with Crippen molar-refractivity contribution in [3.63, 3.8) is 0 Å². The van der Waals surface area contributed by atoms with Crippen LogP contribution in [-0.4, -0.2) is 28.6 Å². The van der Waals surface area contributed by atoms with Crippen LogP contribution in [0.2, 0.25) is 0 Å². The summed E-state index contributed by atoms with van der Waals surface area (Å²) in [5, 5.41) is 17.9. The Morgan fingerprint density at radius 1 is 1.12 bits per heavy atom. The van der Waals surface area contributed by atoms with Gasteiger partial charge in [0, 0.05) is 6.42 Å². The summed E-state index contributed by atoms with van der Waals surface area (Å²) < 4.78 is 0. The standard InChI is InChI=1S/C13H22O4/c14-11-7-6-9-12(15)8-4-2-1-3-5-10-13(16)17/h6-7,11-12,15H,1-5,8-10H2,(H,16,17)/b7-6+. The zero-order valence-electron chi connectivity index (χ0n) is 10.2. The third-order valence-electron chi connectivity index (χ3n) is 2.55. The van der Waals surface area contributed by atoms with E-state index in [0.717, 1.165) is 38.5 Å². The van der Waals surface area contributed by atoms with Gasteiger partial charge in [-0.25, -0.2) is 0 Å². The molecule has 0 rings (SSSR count). The molecule has 0 aromatic rings. The number of aldehydes is 1. The van der Waals surface area contributed by atoms with Crippen molar-refractivity contribution in [1.29, 1.82) is 0 Å². The third-order valence-corrected chi connectivity index (χ3v) is 2.55. The molecule has 0 aromatic carbocycles. The maximum Gasteiger partial charge on any atom is 0.303 e. The number of allylic oxidation sites excluding steroid dienone is 1. The van der Waals surface area contributed by atoms with Gasteiger partial charge in [-0.15, -0.1) is 0 Å². The number of aliphatic hydroxyl groups is 1. The monoisotopic (exact) mass is 242 g/mol. The average molecular weight is 242 g/mol. The highest BCUT2D eigenvalue weighted by atomic mass is 16.4. The molecule has 0 aliphatic carbocycles. The first-order valence-corrected chi connectivity index (χ1v) is 6.17. The molecule has 0 saturated heterocycles. The average Bonchev–Trinajstić information content (AvgIpc) is 2.28. The van der Waals surface area contributed by atoms with Gasteiger partial charge < -0.3 is 10.2 Å². The van der Waals surface area contributed by atoms with Gasteiger partial charge in [-0.3, -0.25) is 9.59 Å².